The van der Waals surface area contributed by atoms with Gasteiger partial charge in [-0.2, -0.15) is 0 Å². The fourth-order valence-electron chi connectivity index (χ4n) is 2.22. The summed E-state index contributed by atoms with van der Waals surface area (Å²) in [5, 5.41) is 0.609. The molecule has 0 heterocycles. The Hall–Kier alpha value is -1.85. The van der Waals surface area contributed by atoms with Crippen LogP contribution in [0.15, 0.2) is 41.3 Å². The zero-order chi connectivity index (χ0) is 18.1. The van der Waals surface area contributed by atoms with Crippen LogP contribution in [0.2, 0.25) is 5.02 Å². The van der Waals surface area contributed by atoms with Crippen molar-refractivity contribution < 1.29 is 17.9 Å². The van der Waals surface area contributed by atoms with Crippen molar-refractivity contribution in [2.24, 2.45) is 0 Å². The van der Waals surface area contributed by atoms with E-state index < -0.39 is 15.8 Å². The van der Waals surface area contributed by atoms with Gasteiger partial charge in [0, 0.05) is 11.3 Å². The number of ether oxygens (including phenoxy) is 1. The van der Waals surface area contributed by atoms with Crippen LogP contribution in [0.5, 0.6) is 5.75 Å². The summed E-state index contributed by atoms with van der Waals surface area (Å²) < 4.78 is 28.8. The second kappa shape index (κ2) is 6.95. The molecule has 0 saturated heterocycles. The van der Waals surface area contributed by atoms with Crippen molar-refractivity contribution in [2.75, 3.05) is 6.26 Å². The number of aryl methyl sites for hydroxylation is 1. The highest BCUT2D eigenvalue weighted by atomic mass is 35.5. The Kier molecular flexibility index (Phi) is 5.35. The molecule has 128 valence electrons. The zero-order valence-corrected chi connectivity index (χ0v) is 15.5. The van der Waals surface area contributed by atoms with Gasteiger partial charge in [-0.25, -0.2) is 13.2 Å². The van der Waals surface area contributed by atoms with Gasteiger partial charge in [0.05, 0.1) is 10.5 Å². The molecular weight excluding hydrogens is 348 g/mol. The number of hydrogen-bond acceptors (Lipinski definition) is 4. The summed E-state index contributed by atoms with van der Waals surface area (Å²) >= 11 is 6.15. The summed E-state index contributed by atoms with van der Waals surface area (Å²) in [6, 6.07) is 9.30. The lowest BCUT2D eigenvalue weighted by Gasteiger charge is -2.15. The van der Waals surface area contributed by atoms with Crippen LogP contribution in [0.25, 0.3) is 0 Å². The van der Waals surface area contributed by atoms with E-state index in [1.54, 1.807) is 12.1 Å². The van der Waals surface area contributed by atoms with Crippen molar-refractivity contribution >= 4 is 27.4 Å². The van der Waals surface area contributed by atoms with Crippen molar-refractivity contribution in [1.82, 2.24) is 0 Å². The standard InChI is InChI=1S/C18H19ClO4S/c1-11(2)15-10-16(19)12(3)8-17(15)23-18(20)13-6-5-7-14(9-13)24(4,21)22/h5-11H,1-4H3. The highest BCUT2D eigenvalue weighted by Gasteiger charge is 2.17. The Bertz CT molecular complexity index is 886. The van der Waals surface area contributed by atoms with Gasteiger partial charge >= 0.3 is 5.97 Å². The van der Waals surface area contributed by atoms with Crippen LogP contribution in [-0.2, 0) is 9.84 Å². The SMILES string of the molecule is Cc1cc(OC(=O)c2cccc(S(C)(=O)=O)c2)c(C(C)C)cc1Cl. The molecule has 0 unspecified atom stereocenters. The topological polar surface area (TPSA) is 60.4 Å². The van der Waals surface area contributed by atoms with Gasteiger partial charge < -0.3 is 4.74 Å². The van der Waals surface area contributed by atoms with Crippen molar-refractivity contribution in [3.05, 3.63) is 58.1 Å². The van der Waals surface area contributed by atoms with Crippen LogP contribution in [0.1, 0.15) is 41.3 Å². The van der Waals surface area contributed by atoms with E-state index in [1.165, 1.54) is 24.3 Å². The Balaban J connectivity index is 2.39. The molecule has 0 aliphatic carbocycles. The Morgan fingerprint density at radius 3 is 2.42 bits per heavy atom. The summed E-state index contributed by atoms with van der Waals surface area (Å²) in [6.07, 6.45) is 1.09. The first-order valence-electron chi connectivity index (χ1n) is 7.42. The number of halogens is 1. The molecular formula is C18H19ClO4S. The maximum Gasteiger partial charge on any atom is 0.343 e. The predicted octanol–water partition coefficient (Wildman–Crippen LogP) is 4.39. The molecule has 24 heavy (non-hydrogen) atoms. The largest absolute Gasteiger partial charge is 0.423 e. The number of carbonyl (C=O) groups is 1. The third-order valence-corrected chi connectivity index (χ3v) is 5.13. The van der Waals surface area contributed by atoms with Crippen LogP contribution in [0.4, 0.5) is 0 Å². The predicted molar refractivity (Wildman–Crippen MR) is 94.8 cm³/mol. The number of rotatable bonds is 4. The lowest BCUT2D eigenvalue weighted by Crippen LogP contribution is -2.11. The van der Waals surface area contributed by atoms with Gasteiger partial charge in [-0.3, -0.25) is 0 Å². The summed E-state index contributed by atoms with van der Waals surface area (Å²) in [4.78, 5) is 12.5. The molecule has 0 radical (unpaired) electrons. The summed E-state index contributed by atoms with van der Waals surface area (Å²) in [7, 11) is -3.39. The average Bonchev–Trinajstić information content (AvgIpc) is 2.49. The smallest absolute Gasteiger partial charge is 0.343 e. The van der Waals surface area contributed by atoms with Crippen LogP contribution < -0.4 is 4.74 Å². The highest BCUT2D eigenvalue weighted by molar-refractivity contribution is 7.90. The second-order valence-corrected chi connectivity index (χ2v) is 8.41. The lowest BCUT2D eigenvalue weighted by atomic mass is 10.0. The molecule has 2 aromatic carbocycles. The van der Waals surface area contributed by atoms with Crippen molar-refractivity contribution in [2.45, 2.75) is 31.6 Å². The minimum absolute atomic E-state index is 0.0771. The molecule has 0 aliphatic rings. The minimum atomic E-state index is -3.39. The Morgan fingerprint density at radius 2 is 1.83 bits per heavy atom. The van der Waals surface area contributed by atoms with Crippen LogP contribution in [-0.4, -0.2) is 20.6 Å². The molecule has 0 aliphatic heterocycles. The maximum atomic E-state index is 12.4. The van der Waals surface area contributed by atoms with Crippen LogP contribution in [0.3, 0.4) is 0 Å². The Morgan fingerprint density at radius 1 is 1.17 bits per heavy atom. The van der Waals surface area contributed by atoms with Crippen molar-refractivity contribution in [3.63, 3.8) is 0 Å². The van der Waals surface area contributed by atoms with Crippen LogP contribution >= 0.6 is 11.6 Å². The summed E-state index contributed by atoms with van der Waals surface area (Å²) in [6.45, 7) is 5.78. The average molecular weight is 367 g/mol. The molecule has 0 aromatic heterocycles. The monoisotopic (exact) mass is 366 g/mol. The Labute approximate surface area is 147 Å². The normalized spacial score (nSPS) is 11.6. The van der Waals surface area contributed by atoms with Gasteiger partial charge in [-0.15, -0.1) is 0 Å². The van der Waals surface area contributed by atoms with Crippen molar-refractivity contribution in [1.29, 1.82) is 0 Å². The molecule has 2 rings (SSSR count). The van der Waals surface area contributed by atoms with E-state index in [0.29, 0.717) is 10.8 Å². The highest BCUT2D eigenvalue weighted by Crippen LogP contribution is 2.32. The van der Waals surface area contributed by atoms with Gasteiger partial charge in [-0.1, -0.05) is 31.5 Å². The fourth-order valence-corrected chi connectivity index (χ4v) is 3.06. The number of hydrogen-bond donors (Lipinski definition) is 0. The van der Waals surface area contributed by atoms with Gasteiger partial charge in [0.25, 0.3) is 0 Å². The molecule has 0 amide bonds. The molecule has 2 aromatic rings. The van der Waals surface area contributed by atoms with Gasteiger partial charge in [0.1, 0.15) is 5.75 Å². The first-order valence-corrected chi connectivity index (χ1v) is 9.69. The molecule has 0 bridgehead atoms. The quantitative estimate of drug-likeness (QED) is 0.594. The van der Waals surface area contributed by atoms with E-state index in [1.807, 2.05) is 20.8 Å². The minimum Gasteiger partial charge on any atom is -0.423 e. The molecule has 0 atom stereocenters. The van der Waals surface area contributed by atoms with E-state index in [4.69, 9.17) is 16.3 Å². The molecule has 0 spiro atoms. The van der Waals surface area contributed by atoms with E-state index >= 15 is 0 Å². The molecule has 4 nitrogen and oxygen atoms in total. The van der Waals surface area contributed by atoms with E-state index in [-0.39, 0.29) is 16.4 Å². The van der Waals surface area contributed by atoms with Crippen molar-refractivity contribution in [3.8, 4) is 5.75 Å². The van der Waals surface area contributed by atoms with Gasteiger partial charge in [0.2, 0.25) is 0 Å². The van der Waals surface area contributed by atoms with E-state index in [2.05, 4.69) is 0 Å². The first kappa shape index (κ1) is 18.5. The lowest BCUT2D eigenvalue weighted by molar-refractivity contribution is 0.0732. The van der Waals surface area contributed by atoms with Gasteiger partial charge in [0.15, 0.2) is 9.84 Å². The first-order chi connectivity index (χ1) is 11.1. The fraction of sp³-hybridized carbons (Fsp3) is 0.278. The molecule has 0 N–H and O–H groups in total. The molecule has 6 heteroatoms. The van der Waals surface area contributed by atoms with E-state index in [0.717, 1.165) is 17.4 Å². The number of carbonyl (C=O) groups excluding carboxylic acids is 1. The molecule has 0 fully saturated rings. The maximum absolute atomic E-state index is 12.4. The second-order valence-electron chi connectivity index (χ2n) is 5.98. The molecule has 0 saturated carbocycles. The van der Waals surface area contributed by atoms with Crippen LogP contribution in [0, 0.1) is 6.92 Å². The number of benzene rings is 2. The summed E-state index contributed by atoms with van der Waals surface area (Å²) in [5.41, 5.74) is 1.80. The van der Waals surface area contributed by atoms with Gasteiger partial charge in [-0.05, 0) is 54.3 Å². The third-order valence-electron chi connectivity index (χ3n) is 3.61. The van der Waals surface area contributed by atoms with E-state index in [9.17, 15) is 13.2 Å². The zero-order valence-electron chi connectivity index (χ0n) is 14.0. The number of sulfone groups is 1. The number of esters is 1. The third kappa shape index (κ3) is 4.16. The summed E-state index contributed by atoms with van der Waals surface area (Å²) in [5.74, 6) is -0.0564.